The summed E-state index contributed by atoms with van der Waals surface area (Å²) in [4.78, 5) is 0. The van der Waals surface area contributed by atoms with Crippen molar-refractivity contribution in [3.63, 3.8) is 0 Å². The lowest BCUT2D eigenvalue weighted by molar-refractivity contribution is -0.676. The molecular weight excluding hydrogens is 200 g/mol. The summed E-state index contributed by atoms with van der Waals surface area (Å²) in [5.74, 6) is 0. The van der Waals surface area contributed by atoms with Gasteiger partial charge in [0.1, 0.15) is 0 Å². The van der Waals surface area contributed by atoms with Crippen molar-refractivity contribution >= 4 is 0 Å². The van der Waals surface area contributed by atoms with Gasteiger partial charge in [0.15, 0.2) is 6.20 Å². The Morgan fingerprint density at radius 2 is 2.06 bits per heavy atom. The van der Waals surface area contributed by atoms with E-state index in [0.29, 0.717) is 5.56 Å². The van der Waals surface area contributed by atoms with Crippen molar-refractivity contribution in [1.82, 2.24) is 9.61 Å². The largest absolute Gasteiger partial charge is 0.232 e. The second-order valence-corrected chi connectivity index (χ2v) is 3.49. The van der Waals surface area contributed by atoms with Crippen LogP contribution in [0.1, 0.15) is 5.56 Å². The number of nitriles is 1. The van der Waals surface area contributed by atoms with Crippen molar-refractivity contribution in [3.8, 4) is 17.3 Å². The first kappa shape index (κ1) is 8.74. The van der Waals surface area contributed by atoms with Crippen LogP contribution in [0.2, 0.25) is 0 Å². The molecule has 0 unspecified atom stereocenters. The summed E-state index contributed by atoms with van der Waals surface area (Å²) >= 11 is 0. The molecule has 0 fully saturated rings. The van der Waals surface area contributed by atoms with Crippen molar-refractivity contribution in [2.75, 3.05) is 0 Å². The van der Waals surface area contributed by atoms with E-state index in [1.54, 1.807) is 16.8 Å². The highest BCUT2D eigenvalue weighted by molar-refractivity contribution is 5.58. The average Bonchev–Trinajstić information content (AvgIpc) is 2.89. The highest BCUT2D eigenvalue weighted by atomic mass is 15.5. The molecule has 76 valence electrons. The molecule has 2 heterocycles. The summed E-state index contributed by atoms with van der Waals surface area (Å²) in [5, 5.41) is 13.1. The van der Waals surface area contributed by atoms with Crippen LogP contribution in [-0.2, 0) is 0 Å². The van der Waals surface area contributed by atoms with Crippen LogP contribution in [0.25, 0.3) is 11.3 Å². The summed E-state index contributed by atoms with van der Waals surface area (Å²) in [5.41, 5.74) is 2.56. The molecule has 3 rings (SSSR count). The molecule has 0 atom stereocenters. The predicted octanol–water partition coefficient (Wildman–Crippen LogP) is 1.02. The van der Waals surface area contributed by atoms with Gasteiger partial charge in [-0.25, -0.2) is 4.52 Å². The van der Waals surface area contributed by atoms with Crippen molar-refractivity contribution in [2.24, 2.45) is 0 Å². The maximum absolute atomic E-state index is 8.71. The van der Waals surface area contributed by atoms with E-state index < -0.39 is 0 Å². The van der Waals surface area contributed by atoms with Crippen LogP contribution in [0.15, 0.2) is 48.9 Å². The van der Waals surface area contributed by atoms with Crippen LogP contribution >= 0.6 is 0 Å². The smallest absolute Gasteiger partial charge is 0.190 e. The normalized spacial score (nSPS) is 10.4. The van der Waals surface area contributed by atoms with E-state index in [1.165, 1.54) is 0 Å². The third kappa shape index (κ3) is 1.27. The molecule has 0 N–H and O–H groups in total. The highest BCUT2D eigenvalue weighted by Crippen LogP contribution is 2.15. The molecule has 0 aliphatic carbocycles. The average molecular weight is 208 g/mol. The molecule has 3 aromatic rings. The molecule has 0 radical (unpaired) electrons. The number of hydrogen-bond acceptors (Lipinski definition) is 1. The van der Waals surface area contributed by atoms with Gasteiger partial charge < -0.3 is 0 Å². The second-order valence-electron chi connectivity index (χ2n) is 3.49. The Bertz CT molecular complexity index is 638. The number of fused-ring (bicyclic) bond motifs is 1. The number of aromatic nitrogens is 3. The predicted molar refractivity (Wildman–Crippen MR) is 56.5 cm³/mol. The minimum Gasteiger partial charge on any atom is -0.232 e. The first-order valence-electron chi connectivity index (χ1n) is 4.90. The molecular formula is C12H8N4. The van der Waals surface area contributed by atoms with Gasteiger partial charge in [-0.2, -0.15) is 10.4 Å². The van der Waals surface area contributed by atoms with Gasteiger partial charge in [0.2, 0.25) is 0 Å². The van der Waals surface area contributed by atoms with Gasteiger partial charge in [-0.05, 0) is 30.1 Å². The van der Waals surface area contributed by atoms with E-state index in [-0.39, 0.29) is 0 Å². The minimum atomic E-state index is 0.662. The summed E-state index contributed by atoms with van der Waals surface area (Å²) in [7, 11) is 0. The van der Waals surface area contributed by atoms with Gasteiger partial charge >= 0.3 is 0 Å². The number of rotatable bonds is 1. The van der Waals surface area contributed by atoms with Crippen LogP contribution in [0.4, 0.5) is 0 Å². The first-order chi connectivity index (χ1) is 7.86. The third-order valence-corrected chi connectivity index (χ3v) is 2.47. The Kier molecular flexibility index (Phi) is 1.77. The number of nitrogens with zero attached hydrogens (tertiary/aromatic N) is 4. The van der Waals surface area contributed by atoms with Crippen LogP contribution in [0.3, 0.4) is 0 Å². The SMILES string of the molecule is N#Cc1ccc(-c2cn3ccc[n+]3[n-]2)cc1. The number of hydrogen-bond donors (Lipinski definition) is 0. The third-order valence-electron chi connectivity index (χ3n) is 2.47. The fourth-order valence-corrected chi connectivity index (χ4v) is 1.65. The zero-order valence-electron chi connectivity index (χ0n) is 8.41. The highest BCUT2D eigenvalue weighted by Gasteiger charge is 2.01. The topological polar surface area (TPSA) is 46.4 Å². The summed E-state index contributed by atoms with van der Waals surface area (Å²) < 4.78 is 3.65. The lowest BCUT2D eigenvalue weighted by Crippen LogP contribution is -2.28. The Labute approximate surface area is 92.0 Å². The van der Waals surface area contributed by atoms with Crippen molar-refractivity contribution in [1.29, 1.82) is 5.26 Å². The molecule has 0 saturated heterocycles. The molecule has 4 nitrogen and oxygen atoms in total. The molecule has 0 amide bonds. The fourth-order valence-electron chi connectivity index (χ4n) is 1.65. The minimum absolute atomic E-state index is 0.662. The molecule has 0 spiro atoms. The van der Waals surface area contributed by atoms with Gasteiger partial charge in [0.25, 0.3) is 0 Å². The molecule has 1 aromatic carbocycles. The van der Waals surface area contributed by atoms with Gasteiger partial charge in [-0.1, -0.05) is 12.1 Å². The zero-order chi connectivity index (χ0) is 11.0. The summed E-state index contributed by atoms with van der Waals surface area (Å²) in [6.45, 7) is 0. The van der Waals surface area contributed by atoms with Crippen molar-refractivity contribution in [3.05, 3.63) is 54.5 Å². The Morgan fingerprint density at radius 1 is 1.25 bits per heavy atom. The van der Waals surface area contributed by atoms with Gasteiger partial charge in [-0.15, -0.1) is 4.63 Å². The Hall–Kier alpha value is -2.54. The van der Waals surface area contributed by atoms with E-state index in [0.717, 1.165) is 11.3 Å². The van der Waals surface area contributed by atoms with E-state index in [9.17, 15) is 0 Å². The number of benzene rings is 1. The van der Waals surface area contributed by atoms with E-state index >= 15 is 0 Å². The maximum atomic E-state index is 8.71. The molecule has 0 bridgehead atoms. The molecule has 16 heavy (non-hydrogen) atoms. The Morgan fingerprint density at radius 3 is 2.75 bits per heavy atom. The fraction of sp³-hybridized carbons (Fsp3) is 0. The summed E-state index contributed by atoms with van der Waals surface area (Å²) in [6.07, 6.45) is 5.76. The van der Waals surface area contributed by atoms with Crippen molar-refractivity contribution in [2.45, 2.75) is 0 Å². The standard InChI is InChI=1S/C12H8N4/c13-8-10-2-4-11(5-3-10)12-9-15-6-1-7-16(15)14-12/h1-7,9H. The van der Waals surface area contributed by atoms with Crippen LogP contribution < -0.4 is 9.73 Å². The van der Waals surface area contributed by atoms with E-state index in [4.69, 9.17) is 5.26 Å². The lowest BCUT2D eigenvalue weighted by atomic mass is 10.1. The van der Waals surface area contributed by atoms with Crippen LogP contribution in [0, 0.1) is 11.3 Å². The maximum Gasteiger partial charge on any atom is 0.190 e. The van der Waals surface area contributed by atoms with E-state index in [2.05, 4.69) is 11.2 Å². The Balaban J connectivity index is 2.09. The van der Waals surface area contributed by atoms with Crippen LogP contribution in [-0.4, -0.2) is 4.52 Å². The quantitative estimate of drug-likeness (QED) is 0.560. The monoisotopic (exact) mass is 208 g/mol. The zero-order valence-corrected chi connectivity index (χ0v) is 8.41. The molecule has 2 aromatic heterocycles. The summed E-state index contributed by atoms with van der Waals surface area (Å²) in [6, 6.07) is 11.4. The molecule has 0 aliphatic heterocycles. The van der Waals surface area contributed by atoms with Gasteiger partial charge in [-0.3, -0.25) is 0 Å². The lowest BCUT2D eigenvalue weighted by Gasteiger charge is -1.96. The second kappa shape index (κ2) is 3.24. The molecule has 0 saturated carbocycles. The van der Waals surface area contributed by atoms with Gasteiger partial charge in [0, 0.05) is 11.8 Å². The van der Waals surface area contributed by atoms with Crippen LogP contribution in [0.5, 0.6) is 0 Å². The molecule has 0 aliphatic rings. The van der Waals surface area contributed by atoms with Gasteiger partial charge in [0.05, 0.1) is 11.6 Å². The first-order valence-corrected chi connectivity index (χ1v) is 4.90. The van der Waals surface area contributed by atoms with E-state index in [1.807, 2.05) is 41.3 Å². The molecule has 4 heteroatoms. The van der Waals surface area contributed by atoms with Crippen molar-refractivity contribution < 1.29 is 4.63 Å².